The molecule has 1 aliphatic rings. The van der Waals surface area contributed by atoms with Crippen LogP contribution in [0.25, 0.3) is 0 Å². The Labute approximate surface area is 104 Å². The van der Waals surface area contributed by atoms with E-state index in [1.165, 1.54) is 0 Å². The topological polar surface area (TPSA) is 83.4 Å². The van der Waals surface area contributed by atoms with Crippen molar-refractivity contribution in [3.05, 3.63) is 24.3 Å². The number of ether oxygens (including phenoxy) is 2. The molecule has 1 heterocycles. The van der Waals surface area contributed by atoms with E-state index in [0.29, 0.717) is 24.7 Å². The second-order valence-corrected chi connectivity index (χ2v) is 3.72. The summed E-state index contributed by atoms with van der Waals surface area (Å²) >= 11 is 0. The molecule has 18 heavy (non-hydrogen) atoms. The van der Waals surface area contributed by atoms with Gasteiger partial charge in [0.05, 0.1) is 12.6 Å². The molecular weight excluding hydrogens is 234 g/mol. The molecule has 1 atom stereocenters. The Morgan fingerprint density at radius 2 is 2.17 bits per heavy atom. The molecule has 0 aromatic heterocycles. The zero-order valence-corrected chi connectivity index (χ0v) is 9.68. The molecule has 2 rings (SSSR count). The van der Waals surface area contributed by atoms with E-state index in [-0.39, 0.29) is 18.7 Å². The van der Waals surface area contributed by atoms with Crippen molar-refractivity contribution in [3.63, 3.8) is 0 Å². The van der Waals surface area contributed by atoms with Crippen molar-refractivity contribution in [1.82, 2.24) is 10.6 Å². The summed E-state index contributed by atoms with van der Waals surface area (Å²) < 4.78 is 11.2. The molecule has 1 aromatic rings. The van der Waals surface area contributed by atoms with E-state index in [1.807, 2.05) is 30.3 Å². The molecule has 1 aliphatic heterocycles. The van der Waals surface area contributed by atoms with Gasteiger partial charge in [-0.05, 0) is 12.1 Å². The van der Waals surface area contributed by atoms with E-state index in [2.05, 4.69) is 10.6 Å². The van der Waals surface area contributed by atoms with E-state index in [9.17, 15) is 4.79 Å². The molecule has 1 unspecified atom stereocenters. The third-order valence-electron chi connectivity index (χ3n) is 2.39. The third-order valence-corrected chi connectivity index (χ3v) is 2.39. The van der Waals surface area contributed by atoms with Crippen molar-refractivity contribution in [3.8, 4) is 17.6 Å². The molecule has 0 aliphatic carbocycles. The molecule has 2 amide bonds. The Morgan fingerprint density at radius 3 is 2.94 bits per heavy atom. The summed E-state index contributed by atoms with van der Waals surface area (Å²) in [6, 6.07) is 8.81. The Kier molecular flexibility index (Phi) is 3.86. The van der Waals surface area contributed by atoms with Crippen LogP contribution in [0.1, 0.15) is 0 Å². The summed E-state index contributed by atoms with van der Waals surface area (Å²) in [4.78, 5) is 11.2. The van der Waals surface area contributed by atoms with Crippen LogP contribution >= 0.6 is 0 Å². The van der Waals surface area contributed by atoms with Gasteiger partial charge in [-0.3, -0.25) is 0 Å². The van der Waals surface area contributed by atoms with Crippen molar-refractivity contribution >= 4 is 6.03 Å². The first-order chi connectivity index (χ1) is 8.79. The lowest BCUT2D eigenvalue weighted by molar-refractivity contribution is 0.0918. The number of rotatable bonds is 3. The summed E-state index contributed by atoms with van der Waals surface area (Å²) in [5.74, 6) is 1.38. The summed E-state index contributed by atoms with van der Waals surface area (Å²) in [7, 11) is 0. The van der Waals surface area contributed by atoms with Crippen LogP contribution in [0.15, 0.2) is 24.3 Å². The number of carbonyl (C=O) groups is 1. The molecular formula is C12H13N3O3. The first kappa shape index (κ1) is 12.0. The number of fused-ring (bicyclic) bond motifs is 1. The van der Waals surface area contributed by atoms with E-state index in [1.54, 1.807) is 0 Å². The smallest absolute Gasteiger partial charge is 0.315 e. The number of amides is 2. The van der Waals surface area contributed by atoms with Gasteiger partial charge in [0.2, 0.25) is 0 Å². The van der Waals surface area contributed by atoms with Crippen LogP contribution in [-0.4, -0.2) is 31.8 Å². The highest BCUT2D eigenvalue weighted by molar-refractivity contribution is 5.74. The number of urea groups is 1. The molecule has 6 heteroatoms. The van der Waals surface area contributed by atoms with Gasteiger partial charge >= 0.3 is 6.03 Å². The third kappa shape index (κ3) is 3.04. The van der Waals surface area contributed by atoms with Crippen molar-refractivity contribution in [1.29, 1.82) is 5.26 Å². The summed E-state index contributed by atoms with van der Waals surface area (Å²) in [6.45, 7) is 0.692. The second-order valence-electron chi connectivity index (χ2n) is 3.72. The summed E-state index contributed by atoms with van der Waals surface area (Å²) in [5.41, 5.74) is 0. The average Bonchev–Trinajstić information content (AvgIpc) is 2.42. The highest BCUT2D eigenvalue weighted by atomic mass is 16.6. The molecule has 0 radical (unpaired) electrons. The molecule has 0 saturated heterocycles. The molecule has 2 N–H and O–H groups in total. The minimum Gasteiger partial charge on any atom is -0.486 e. The maximum atomic E-state index is 11.2. The Balaban J connectivity index is 1.80. The van der Waals surface area contributed by atoms with Gasteiger partial charge in [0, 0.05) is 0 Å². The van der Waals surface area contributed by atoms with Crippen LogP contribution in [0.2, 0.25) is 0 Å². The fourth-order valence-corrected chi connectivity index (χ4v) is 1.55. The van der Waals surface area contributed by atoms with Crippen molar-refractivity contribution in [2.24, 2.45) is 0 Å². The lowest BCUT2D eigenvalue weighted by Gasteiger charge is -2.26. The van der Waals surface area contributed by atoms with E-state index >= 15 is 0 Å². The quantitative estimate of drug-likeness (QED) is 0.768. The van der Waals surface area contributed by atoms with Gasteiger partial charge in [0.15, 0.2) is 17.6 Å². The number of carbonyl (C=O) groups excluding carboxylic acids is 1. The normalized spacial score (nSPS) is 16.5. The summed E-state index contributed by atoms with van der Waals surface area (Å²) in [6.07, 6.45) is -0.229. The Bertz CT molecular complexity index is 470. The van der Waals surface area contributed by atoms with Crippen molar-refractivity contribution in [2.75, 3.05) is 19.7 Å². The fraction of sp³-hybridized carbons (Fsp3) is 0.333. The Hall–Kier alpha value is -2.42. The number of nitrogens with one attached hydrogen (secondary N) is 2. The van der Waals surface area contributed by atoms with Crippen LogP contribution in [-0.2, 0) is 0 Å². The molecule has 1 aromatic carbocycles. The molecule has 0 saturated carbocycles. The zero-order chi connectivity index (χ0) is 12.8. The zero-order valence-electron chi connectivity index (χ0n) is 9.68. The predicted octanol–water partition coefficient (Wildman–Crippen LogP) is 0.649. The van der Waals surface area contributed by atoms with Gasteiger partial charge in [-0.1, -0.05) is 12.1 Å². The predicted molar refractivity (Wildman–Crippen MR) is 63.4 cm³/mol. The SMILES string of the molecule is N#CCNC(=O)NCC1COc2ccccc2O1. The maximum Gasteiger partial charge on any atom is 0.315 e. The first-order valence-electron chi connectivity index (χ1n) is 5.56. The lowest BCUT2D eigenvalue weighted by atomic mass is 10.2. The maximum absolute atomic E-state index is 11.2. The highest BCUT2D eigenvalue weighted by Gasteiger charge is 2.20. The second kappa shape index (κ2) is 5.77. The van der Waals surface area contributed by atoms with Crippen molar-refractivity contribution in [2.45, 2.75) is 6.10 Å². The van der Waals surface area contributed by atoms with E-state index < -0.39 is 0 Å². The van der Waals surface area contributed by atoms with Crippen LogP contribution in [0.4, 0.5) is 4.79 Å². The number of hydrogen-bond donors (Lipinski definition) is 2. The van der Waals surface area contributed by atoms with Gasteiger partial charge in [-0.2, -0.15) is 5.26 Å². The summed E-state index contributed by atoms with van der Waals surface area (Å²) in [5, 5.41) is 13.3. The van der Waals surface area contributed by atoms with Gasteiger partial charge in [-0.15, -0.1) is 0 Å². The monoisotopic (exact) mass is 247 g/mol. The van der Waals surface area contributed by atoms with Crippen LogP contribution in [0, 0.1) is 11.3 Å². The van der Waals surface area contributed by atoms with Gasteiger partial charge < -0.3 is 20.1 Å². The Morgan fingerprint density at radius 1 is 1.39 bits per heavy atom. The van der Waals surface area contributed by atoms with E-state index in [0.717, 1.165) is 0 Å². The number of benzene rings is 1. The van der Waals surface area contributed by atoms with Gasteiger partial charge in [0.1, 0.15) is 13.2 Å². The molecule has 0 spiro atoms. The first-order valence-corrected chi connectivity index (χ1v) is 5.56. The molecule has 94 valence electrons. The van der Waals surface area contributed by atoms with Crippen molar-refractivity contribution < 1.29 is 14.3 Å². The average molecular weight is 247 g/mol. The highest BCUT2D eigenvalue weighted by Crippen LogP contribution is 2.30. The number of nitrogens with zero attached hydrogens (tertiary/aromatic N) is 1. The van der Waals surface area contributed by atoms with E-state index in [4.69, 9.17) is 14.7 Å². The van der Waals surface area contributed by atoms with Gasteiger partial charge in [0.25, 0.3) is 0 Å². The minimum absolute atomic E-state index is 0.0172. The van der Waals surface area contributed by atoms with Crippen LogP contribution < -0.4 is 20.1 Å². The molecule has 0 fully saturated rings. The minimum atomic E-state index is -0.390. The molecule has 6 nitrogen and oxygen atoms in total. The number of hydrogen-bond acceptors (Lipinski definition) is 4. The molecule has 0 bridgehead atoms. The standard InChI is InChI=1S/C12H13N3O3/c13-5-6-14-12(16)15-7-9-8-17-10-3-1-2-4-11(10)18-9/h1-4,9H,6-8H2,(H2,14,15,16). The fourth-order valence-electron chi connectivity index (χ4n) is 1.55. The van der Waals surface area contributed by atoms with Crippen LogP contribution in [0.5, 0.6) is 11.5 Å². The largest absolute Gasteiger partial charge is 0.486 e. The van der Waals surface area contributed by atoms with Crippen LogP contribution in [0.3, 0.4) is 0 Å². The number of nitriles is 1. The van der Waals surface area contributed by atoms with Gasteiger partial charge in [-0.25, -0.2) is 4.79 Å². The number of para-hydroxylation sites is 2. The lowest BCUT2D eigenvalue weighted by Crippen LogP contribution is -2.44.